The maximum absolute atomic E-state index is 13.6. The Balaban J connectivity index is 1.31. The molecule has 0 radical (unpaired) electrons. The van der Waals surface area contributed by atoms with Crippen molar-refractivity contribution in [3.05, 3.63) is 11.1 Å². The third-order valence-corrected chi connectivity index (χ3v) is 8.14. The molecule has 1 aliphatic heterocycles. The molecular formula is C22H29FN6O3S. The maximum Gasteiger partial charge on any atom is 0.237 e. The molecule has 5 rings (SSSR count). The Morgan fingerprint density at radius 2 is 2.06 bits per heavy atom. The summed E-state index contributed by atoms with van der Waals surface area (Å²) in [6.45, 7) is 1.88. The molecule has 178 valence electrons. The first-order valence-corrected chi connectivity index (χ1v) is 12.1. The number of nitrogens with zero attached hydrogens (tertiary/aromatic N) is 4. The predicted octanol–water partition coefficient (Wildman–Crippen LogP) is 2.60. The molecular weight excluding hydrogens is 447 g/mol. The molecule has 0 spiro atoms. The molecule has 1 aromatic heterocycles. The lowest BCUT2D eigenvalue weighted by Crippen LogP contribution is -2.59. The van der Waals surface area contributed by atoms with Gasteiger partial charge in [0.15, 0.2) is 5.13 Å². The number of thiazole rings is 1. The highest BCUT2D eigenvalue weighted by atomic mass is 32.1. The van der Waals surface area contributed by atoms with Gasteiger partial charge in [-0.25, -0.2) is 9.37 Å². The second-order valence-electron chi connectivity index (χ2n) is 9.29. The fourth-order valence-corrected chi connectivity index (χ4v) is 6.00. The van der Waals surface area contributed by atoms with E-state index in [-0.39, 0.29) is 36.9 Å². The van der Waals surface area contributed by atoms with Crippen LogP contribution in [0.5, 0.6) is 0 Å². The van der Waals surface area contributed by atoms with Gasteiger partial charge >= 0.3 is 0 Å². The Labute approximate surface area is 196 Å². The highest BCUT2D eigenvalue weighted by Gasteiger charge is 2.52. The van der Waals surface area contributed by atoms with Crippen molar-refractivity contribution in [3.8, 4) is 6.07 Å². The van der Waals surface area contributed by atoms with Crippen molar-refractivity contribution in [2.75, 3.05) is 25.5 Å². The first kappa shape index (κ1) is 23.6. The van der Waals surface area contributed by atoms with E-state index in [0.29, 0.717) is 16.5 Å². The van der Waals surface area contributed by atoms with Gasteiger partial charge < -0.3 is 20.4 Å². The van der Waals surface area contributed by atoms with Crippen molar-refractivity contribution in [3.63, 3.8) is 0 Å². The van der Waals surface area contributed by atoms with Crippen LogP contribution in [0, 0.1) is 16.7 Å². The van der Waals surface area contributed by atoms with E-state index in [1.54, 1.807) is 6.92 Å². The Bertz CT molecular complexity index is 964. The number of hydrogen-bond acceptors (Lipinski definition) is 8. The molecule has 2 heterocycles. The third-order valence-electron chi connectivity index (χ3n) is 7.39. The van der Waals surface area contributed by atoms with E-state index in [0.717, 1.165) is 38.5 Å². The molecule has 4 aliphatic rings. The molecule has 2 N–H and O–H groups in total. The zero-order valence-electron chi connectivity index (χ0n) is 18.9. The van der Waals surface area contributed by atoms with Gasteiger partial charge in [-0.1, -0.05) is 5.16 Å². The van der Waals surface area contributed by atoms with Crippen LogP contribution >= 0.6 is 11.3 Å². The van der Waals surface area contributed by atoms with Gasteiger partial charge in [-0.05, 0) is 45.4 Å². The number of fused-ring (bicyclic) bond motifs is 3. The SMILES string of the molecule is CO/N=C(/C)c1csc(NC(=O)C23CCC(NCC(=O)N4C[C@@H](F)C[C@H]4C#N)(CC2)CC3)n1. The summed E-state index contributed by atoms with van der Waals surface area (Å²) < 4.78 is 13.6. The zero-order chi connectivity index (χ0) is 23.6. The number of oxime groups is 1. The number of nitrogens with one attached hydrogen (secondary N) is 2. The summed E-state index contributed by atoms with van der Waals surface area (Å²) in [5.74, 6) is -0.236. The molecule has 11 heteroatoms. The molecule has 0 aromatic carbocycles. The van der Waals surface area contributed by atoms with E-state index in [4.69, 9.17) is 4.84 Å². The number of alkyl halides is 1. The minimum Gasteiger partial charge on any atom is -0.399 e. The Kier molecular flexibility index (Phi) is 6.68. The lowest BCUT2D eigenvalue weighted by molar-refractivity contribution is -0.135. The van der Waals surface area contributed by atoms with Gasteiger partial charge in [0.1, 0.15) is 30.7 Å². The first-order chi connectivity index (χ1) is 15.8. The van der Waals surface area contributed by atoms with Crippen LogP contribution in [0.15, 0.2) is 10.5 Å². The van der Waals surface area contributed by atoms with Gasteiger partial charge in [-0.15, -0.1) is 11.3 Å². The largest absolute Gasteiger partial charge is 0.399 e. The van der Waals surface area contributed by atoms with E-state index in [1.165, 1.54) is 23.3 Å². The van der Waals surface area contributed by atoms with Crippen LogP contribution in [0.3, 0.4) is 0 Å². The smallest absolute Gasteiger partial charge is 0.237 e. The van der Waals surface area contributed by atoms with Crippen molar-refractivity contribution in [2.24, 2.45) is 10.6 Å². The molecule has 1 aromatic rings. The highest BCUT2D eigenvalue weighted by molar-refractivity contribution is 7.14. The van der Waals surface area contributed by atoms with Crippen LogP contribution in [-0.4, -0.2) is 65.4 Å². The van der Waals surface area contributed by atoms with Gasteiger partial charge in [0.2, 0.25) is 11.8 Å². The van der Waals surface area contributed by atoms with Gasteiger partial charge in [-0.3, -0.25) is 9.59 Å². The van der Waals surface area contributed by atoms with Crippen LogP contribution in [0.4, 0.5) is 9.52 Å². The fourth-order valence-electron chi connectivity index (χ4n) is 5.25. The molecule has 1 saturated heterocycles. The van der Waals surface area contributed by atoms with Crippen molar-refractivity contribution >= 4 is 34.0 Å². The molecule has 33 heavy (non-hydrogen) atoms. The topological polar surface area (TPSA) is 120 Å². The maximum atomic E-state index is 13.6. The molecule has 3 saturated carbocycles. The summed E-state index contributed by atoms with van der Waals surface area (Å²) in [5.41, 5.74) is 0.712. The van der Waals surface area contributed by atoms with Gasteiger partial charge in [0.25, 0.3) is 0 Å². The minimum absolute atomic E-state index is 0.00275. The average molecular weight is 477 g/mol. The monoisotopic (exact) mass is 476 g/mol. The lowest BCUT2D eigenvalue weighted by atomic mass is 9.57. The summed E-state index contributed by atoms with van der Waals surface area (Å²) in [4.78, 5) is 36.3. The second kappa shape index (κ2) is 9.35. The number of rotatable bonds is 7. The normalized spacial score (nSPS) is 31.3. The number of carbonyl (C=O) groups is 2. The number of likely N-dealkylation sites (tertiary alicyclic amines) is 1. The quantitative estimate of drug-likeness (QED) is 0.461. The highest BCUT2D eigenvalue weighted by Crippen LogP contribution is 2.52. The molecule has 4 fully saturated rings. The van der Waals surface area contributed by atoms with E-state index in [1.807, 2.05) is 11.4 Å². The van der Waals surface area contributed by atoms with Crippen LogP contribution < -0.4 is 10.6 Å². The number of carbonyl (C=O) groups excluding carboxylic acids is 2. The Morgan fingerprint density at radius 3 is 2.70 bits per heavy atom. The molecule has 2 atom stereocenters. The Morgan fingerprint density at radius 1 is 1.36 bits per heavy atom. The average Bonchev–Trinajstić information content (AvgIpc) is 3.45. The molecule has 2 amide bonds. The zero-order valence-corrected chi connectivity index (χ0v) is 19.7. The molecule has 2 bridgehead atoms. The van der Waals surface area contributed by atoms with Crippen LogP contribution in [0.2, 0.25) is 0 Å². The fraction of sp³-hybridized carbons (Fsp3) is 0.682. The van der Waals surface area contributed by atoms with Crippen LogP contribution in [0.1, 0.15) is 57.6 Å². The van der Waals surface area contributed by atoms with Gasteiger partial charge in [-0.2, -0.15) is 5.26 Å². The number of halogens is 1. The lowest BCUT2D eigenvalue weighted by Gasteiger charge is -2.52. The third kappa shape index (κ3) is 4.73. The van der Waals surface area contributed by atoms with Crippen molar-refractivity contribution < 1.29 is 18.8 Å². The standard InChI is InChI=1S/C22H29FN6O3S/c1-14(28-32-2)17-13-33-20(26-17)27-19(31)21-3-6-22(7-4-21,8-5-21)25-11-18(30)29-12-15(23)9-16(29)10-24/h13,15-16,25H,3-9,11-12H2,1-2H3,(H,26,27,31)/b28-14-/t15-,16-,21?,22?/m0/s1. The number of amides is 2. The number of aromatic nitrogens is 1. The van der Waals surface area contributed by atoms with Gasteiger partial charge in [0, 0.05) is 22.8 Å². The Hall–Kier alpha value is -2.58. The summed E-state index contributed by atoms with van der Waals surface area (Å²) >= 11 is 1.36. The second-order valence-corrected chi connectivity index (χ2v) is 10.1. The summed E-state index contributed by atoms with van der Waals surface area (Å²) in [6, 6.07) is 1.34. The van der Waals surface area contributed by atoms with E-state index in [9.17, 15) is 19.2 Å². The van der Waals surface area contributed by atoms with Gasteiger partial charge in [0.05, 0.1) is 19.2 Å². The predicted molar refractivity (Wildman–Crippen MR) is 121 cm³/mol. The molecule has 9 nitrogen and oxygen atoms in total. The first-order valence-electron chi connectivity index (χ1n) is 11.2. The van der Waals surface area contributed by atoms with Crippen molar-refractivity contribution in [2.45, 2.75) is 69.6 Å². The van der Waals surface area contributed by atoms with Crippen LogP contribution in [0.25, 0.3) is 0 Å². The summed E-state index contributed by atoms with van der Waals surface area (Å²) in [5, 5.41) is 21.8. The van der Waals surface area contributed by atoms with E-state index < -0.39 is 17.6 Å². The van der Waals surface area contributed by atoms with Crippen molar-refractivity contribution in [1.29, 1.82) is 5.26 Å². The summed E-state index contributed by atoms with van der Waals surface area (Å²) in [6.07, 6.45) is 3.55. The summed E-state index contributed by atoms with van der Waals surface area (Å²) in [7, 11) is 1.48. The molecule has 0 unspecified atom stereocenters. The van der Waals surface area contributed by atoms with Crippen LogP contribution in [-0.2, 0) is 14.4 Å². The van der Waals surface area contributed by atoms with E-state index >= 15 is 0 Å². The minimum atomic E-state index is -1.13. The molecule has 3 aliphatic carbocycles. The van der Waals surface area contributed by atoms with Crippen molar-refractivity contribution in [1.82, 2.24) is 15.2 Å². The number of nitriles is 1. The van der Waals surface area contributed by atoms with E-state index in [2.05, 4.69) is 20.8 Å². The number of hydrogen-bond donors (Lipinski definition) is 2. The number of anilines is 1.